The SMILES string of the molecule is O=C1c2ccccc2-c2c(cccc2OCO)Cc2cccc(OCO)c2-c2ccccc21. The lowest BCUT2D eigenvalue weighted by Crippen LogP contribution is -2.11. The molecule has 33 heavy (non-hydrogen) atoms. The van der Waals surface area contributed by atoms with Gasteiger partial charge in [0.05, 0.1) is 0 Å². The zero-order valence-corrected chi connectivity index (χ0v) is 17.8. The van der Waals surface area contributed by atoms with Gasteiger partial charge in [0.2, 0.25) is 0 Å². The van der Waals surface area contributed by atoms with Crippen molar-refractivity contribution >= 4 is 5.78 Å². The molecule has 0 unspecified atom stereocenters. The molecule has 0 aliphatic heterocycles. The quantitative estimate of drug-likeness (QED) is 0.394. The van der Waals surface area contributed by atoms with Gasteiger partial charge >= 0.3 is 0 Å². The molecular formula is C28H22O5. The monoisotopic (exact) mass is 438 g/mol. The van der Waals surface area contributed by atoms with Crippen LogP contribution in [0, 0.1) is 0 Å². The summed E-state index contributed by atoms with van der Waals surface area (Å²) in [6.45, 7) is -0.944. The molecule has 5 nitrogen and oxygen atoms in total. The first-order valence-corrected chi connectivity index (χ1v) is 10.7. The number of carbonyl (C=O) groups is 1. The van der Waals surface area contributed by atoms with Crippen LogP contribution in [0.2, 0.25) is 0 Å². The van der Waals surface area contributed by atoms with E-state index in [-0.39, 0.29) is 5.78 Å². The van der Waals surface area contributed by atoms with E-state index in [2.05, 4.69) is 0 Å². The average Bonchev–Trinajstić information content (AvgIpc) is 2.84. The Morgan fingerprint density at radius 3 is 1.42 bits per heavy atom. The van der Waals surface area contributed by atoms with Crippen LogP contribution in [0.5, 0.6) is 11.5 Å². The van der Waals surface area contributed by atoms with E-state index in [0.717, 1.165) is 33.4 Å². The molecule has 0 fully saturated rings. The summed E-state index contributed by atoms with van der Waals surface area (Å²) in [4.78, 5) is 13.9. The molecule has 0 heterocycles. The normalized spacial score (nSPS) is 12.1. The largest absolute Gasteiger partial charge is 0.467 e. The Labute approximate surface area is 191 Å². The Hall–Kier alpha value is -3.93. The molecule has 0 spiro atoms. The number of ketones is 1. The summed E-state index contributed by atoms with van der Waals surface area (Å²) in [5, 5.41) is 19.0. The molecular weight excluding hydrogens is 416 g/mol. The molecule has 5 rings (SSSR count). The fourth-order valence-electron chi connectivity index (χ4n) is 4.59. The predicted molar refractivity (Wildman–Crippen MR) is 125 cm³/mol. The van der Waals surface area contributed by atoms with Crippen molar-refractivity contribution in [2.24, 2.45) is 0 Å². The van der Waals surface area contributed by atoms with E-state index < -0.39 is 13.6 Å². The molecule has 2 N–H and O–H groups in total. The van der Waals surface area contributed by atoms with E-state index >= 15 is 0 Å². The number of fused-ring (bicyclic) bond motifs is 6. The van der Waals surface area contributed by atoms with Crippen molar-refractivity contribution in [1.29, 1.82) is 0 Å². The minimum atomic E-state index is -0.472. The molecule has 0 radical (unpaired) electrons. The summed E-state index contributed by atoms with van der Waals surface area (Å²) in [7, 11) is 0. The van der Waals surface area contributed by atoms with Crippen LogP contribution in [-0.4, -0.2) is 29.6 Å². The van der Waals surface area contributed by atoms with E-state index in [1.54, 1.807) is 12.1 Å². The second-order valence-corrected chi connectivity index (χ2v) is 7.72. The fourth-order valence-corrected chi connectivity index (χ4v) is 4.59. The molecule has 164 valence electrons. The second kappa shape index (κ2) is 8.90. The Morgan fingerprint density at radius 1 is 0.576 bits per heavy atom. The van der Waals surface area contributed by atoms with Crippen molar-refractivity contribution in [2.75, 3.05) is 13.6 Å². The molecule has 0 bridgehead atoms. The van der Waals surface area contributed by atoms with Gasteiger partial charge in [0, 0.05) is 22.3 Å². The van der Waals surface area contributed by atoms with E-state index in [0.29, 0.717) is 29.0 Å². The van der Waals surface area contributed by atoms with E-state index in [9.17, 15) is 15.0 Å². The van der Waals surface area contributed by atoms with Gasteiger partial charge in [-0.3, -0.25) is 4.79 Å². The Balaban J connectivity index is 1.89. The first kappa shape index (κ1) is 20.9. The zero-order valence-electron chi connectivity index (χ0n) is 17.8. The maximum atomic E-state index is 13.9. The third kappa shape index (κ3) is 3.67. The maximum Gasteiger partial charge on any atom is 0.194 e. The molecule has 5 heteroatoms. The van der Waals surface area contributed by atoms with Gasteiger partial charge in [-0.2, -0.15) is 0 Å². The summed E-state index contributed by atoms with van der Waals surface area (Å²) in [5.41, 5.74) is 6.04. The lowest BCUT2D eigenvalue weighted by molar-refractivity contribution is 0.0987. The highest BCUT2D eigenvalue weighted by Crippen LogP contribution is 2.43. The minimum Gasteiger partial charge on any atom is -0.467 e. The molecule has 0 aromatic heterocycles. The van der Waals surface area contributed by atoms with Crippen molar-refractivity contribution in [3.63, 3.8) is 0 Å². The predicted octanol–water partition coefficient (Wildman–Crippen LogP) is 4.81. The third-order valence-corrected chi connectivity index (χ3v) is 5.93. The lowest BCUT2D eigenvalue weighted by atomic mass is 9.83. The number of ether oxygens (including phenoxy) is 2. The summed E-state index contributed by atoms with van der Waals surface area (Å²) in [6, 6.07) is 26.2. The van der Waals surface area contributed by atoms with Gasteiger partial charge in [0.1, 0.15) is 11.5 Å². The number of carbonyl (C=O) groups excluding carboxylic acids is 1. The van der Waals surface area contributed by atoms with E-state index in [4.69, 9.17) is 9.47 Å². The minimum absolute atomic E-state index is 0.127. The Morgan fingerprint density at radius 2 is 1.00 bits per heavy atom. The number of aliphatic hydroxyl groups is 2. The molecule has 1 aliphatic carbocycles. The topological polar surface area (TPSA) is 76.0 Å². The maximum absolute atomic E-state index is 13.9. The van der Waals surface area contributed by atoms with Crippen LogP contribution in [0.3, 0.4) is 0 Å². The molecule has 1 aliphatic rings. The van der Waals surface area contributed by atoms with Crippen LogP contribution in [-0.2, 0) is 6.42 Å². The van der Waals surface area contributed by atoms with Crippen LogP contribution in [0.1, 0.15) is 27.0 Å². The number of hydrogen-bond donors (Lipinski definition) is 2. The highest BCUT2D eigenvalue weighted by molar-refractivity contribution is 6.17. The van der Waals surface area contributed by atoms with Crippen LogP contribution in [0.25, 0.3) is 22.3 Å². The summed E-state index contributed by atoms with van der Waals surface area (Å²) in [6.07, 6.45) is 0.535. The smallest absolute Gasteiger partial charge is 0.194 e. The number of rotatable bonds is 4. The van der Waals surface area contributed by atoms with Crippen molar-refractivity contribution < 1.29 is 24.5 Å². The van der Waals surface area contributed by atoms with Gasteiger partial charge in [-0.1, -0.05) is 72.8 Å². The van der Waals surface area contributed by atoms with Gasteiger partial charge < -0.3 is 19.7 Å². The van der Waals surface area contributed by atoms with Crippen molar-refractivity contribution in [1.82, 2.24) is 0 Å². The van der Waals surface area contributed by atoms with Gasteiger partial charge in [-0.15, -0.1) is 0 Å². The van der Waals surface area contributed by atoms with Crippen molar-refractivity contribution in [3.05, 3.63) is 107 Å². The van der Waals surface area contributed by atoms with Crippen LogP contribution >= 0.6 is 0 Å². The molecule has 0 atom stereocenters. The zero-order chi connectivity index (χ0) is 22.8. The van der Waals surface area contributed by atoms with E-state index in [1.807, 2.05) is 72.8 Å². The number of benzene rings is 4. The van der Waals surface area contributed by atoms with Gasteiger partial charge in [0.25, 0.3) is 0 Å². The average molecular weight is 438 g/mol. The number of aliphatic hydroxyl groups excluding tert-OH is 2. The highest BCUT2D eigenvalue weighted by Gasteiger charge is 2.26. The molecule has 4 aromatic rings. The van der Waals surface area contributed by atoms with Crippen molar-refractivity contribution in [3.8, 4) is 33.8 Å². The van der Waals surface area contributed by atoms with Gasteiger partial charge in [-0.05, 0) is 40.8 Å². The first-order valence-electron chi connectivity index (χ1n) is 10.7. The second-order valence-electron chi connectivity index (χ2n) is 7.72. The van der Waals surface area contributed by atoms with Gasteiger partial charge in [-0.25, -0.2) is 0 Å². The first-order chi connectivity index (χ1) is 16.2. The Bertz CT molecular complexity index is 1240. The standard InChI is InChI=1S/C28H22O5/c29-16-32-24-13-5-7-18-15-19-8-6-14-25(33-17-30)27(19)21-10-2-4-12-23(21)28(31)22-11-3-1-9-20(22)26(18)24/h1-14,29-30H,15-17H2. The third-order valence-electron chi connectivity index (χ3n) is 5.93. The highest BCUT2D eigenvalue weighted by atomic mass is 16.6. The van der Waals surface area contributed by atoms with Crippen LogP contribution in [0.4, 0.5) is 0 Å². The molecule has 0 amide bonds. The molecule has 4 aromatic carbocycles. The van der Waals surface area contributed by atoms with E-state index in [1.165, 1.54) is 0 Å². The summed E-state index contributed by atoms with van der Waals surface area (Å²) in [5.74, 6) is 0.888. The number of hydrogen-bond acceptors (Lipinski definition) is 5. The molecule has 0 saturated carbocycles. The summed E-state index contributed by atoms with van der Waals surface area (Å²) >= 11 is 0. The Kier molecular flexibility index (Phi) is 5.65. The lowest BCUT2D eigenvalue weighted by Gasteiger charge is -2.23. The summed E-state index contributed by atoms with van der Waals surface area (Å²) < 4.78 is 11.1. The molecule has 0 saturated heterocycles. The van der Waals surface area contributed by atoms with Crippen LogP contribution < -0.4 is 9.47 Å². The van der Waals surface area contributed by atoms with Crippen LogP contribution in [0.15, 0.2) is 84.9 Å². The van der Waals surface area contributed by atoms with Crippen molar-refractivity contribution in [2.45, 2.75) is 6.42 Å². The van der Waals surface area contributed by atoms with Gasteiger partial charge in [0.15, 0.2) is 19.4 Å². The fraction of sp³-hybridized carbons (Fsp3) is 0.107.